The standard InChI is InChI=1S/C15H33N3O/c1-5-16-7-6-8-18-9-10-19-15(13-18)12-17(4)11-14(2)3/h14-16H,5-13H2,1-4H3/t15-/m0/s1. The summed E-state index contributed by atoms with van der Waals surface area (Å²) in [7, 11) is 2.20. The SMILES string of the molecule is CCNCCCN1CCO[C@@H](CN(C)CC(C)C)C1. The van der Waals surface area contributed by atoms with E-state index in [2.05, 4.69) is 42.9 Å². The van der Waals surface area contributed by atoms with E-state index in [-0.39, 0.29) is 0 Å². The van der Waals surface area contributed by atoms with E-state index >= 15 is 0 Å². The Morgan fingerprint density at radius 2 is 2.21 bits per heavy atom. The summed E-state index contributed by atoms with van der Waals surface area (Å²) >= 11 is 0. The number of morpholine rings is 1. The summed E-state index contributed by atoms with van der Waals surface area (Å²) in [6, 6.07) is 0. The summed E-state index contributed by atoms with van der Waals surface area (Å²) in [4.78, 5) is 4.95. The van der Waals surface area contributed by atoms with Gasteiger partial charge in [0.15, 0.2) is 0 Å². The van der Waals surface area contributed by atoms with Gasteiger partial charge < -0.3 is 15.0 Å². The number of nitrogens with one attached hydrogen (secondary N) is 1. The molecule has 0 unspecified atom stereocenters. The molecule has 114 valence electrons. The molecule has 1 heterocycles. The Balaban J connectivity index is 2.18. The molecule has 1 aliphatic rings. The molecule has 1 aliphatic heterocycles. The van der Waals surface area contributed by atoms with Crippen LogP contribution in [0.5, 0.6) is 0 Å². The summed E-state index contributed by atoms with van der Waals surface area (Å²) in [6.07, 6.45) is 1.62. The van der Waals surface area contributed by atoms with E-state index < -0.39 is 0 Å². The molecule has 0 aromatic heterocycles. The predicted octanol–water partition coefficient (Wildman–Crippen LogP) is 1.27. The van der Waals surface area contributed by atoms with Crippen molar-refractivity contribution in [3.05, 3.63) is 0 Å². The van der Waals surface area contributed by atoms with Gasteiger partial charge in [0.05, 0.1) is 12.7 Å². The van der Waals surface area contributed by atoms with Gasteiger partial charge in [0.1, 0.15) is 0 Å². The van der Waals surface area contributed by atoms with Crippen LogP contribution in [0.3, 0.4) is 0 Å². The molecule has 0 saturated carbocycles. The first-order chi connectivity index (χ1) is 9.11. The van der Waals surface area contributed by atoms with Gasteiger partial charge in [-0.2, -0.15) is 0 Å². The van der Waals surface area contributed by atoms with Gasteiger partial charge in [-0.15, -0.1) is 0 Å². The highest BCUT2D eigenvalue weighted by Gasteiger charge is 2.21. The Morgan fingerprint density at radius 3 is 2.89 bits per heavy atom. The molecule has 1 atom stereocenters. The fourth-order valence-corrected chi connectivity index (χ4v) is 2.74. The highest BCUT2D eigenvalue weighted by atomic mass is 16.5. The Bertz CT molecular complexity index is 223. The largest absolute Gasteiger partial charge is 0.374 e. The average Bonchev–Trinajstić information content (AvgIpc) is 2.34. The molecule has 1 fully saturated rings. The maximum atomic E-state index is 5.89. The normalized spacial score (nSPS) is 21.5. The van der Waals surface area contributed by atoms with Crippen LogP contribution in [0, 0.1) is 5.92 Å². The van der Waals surface area contributed by atoms with Crippen LogP contribution in [0.1, 0.15) is 27.2 Å². The number of nitrogens with zero attached hydrogens (tertiary/aromatic N) is 2. The minimum Gasteiger partial charge on any atom is -0.374 e. The topological polar surface area (TPSA) is 27.7 Å². The van der Waals surface area contributed by atoms with Crippen molar-refractivity contribution in [1.82, 2.24) is 15.1 Å². The Morgan fingerprint density at radius 1 is 1.42 bits per heavy atom. The quantitative estimate of drug-likeness (QED) is 0.639. The zero-order valence-electron chi connectivity index (χ0n) is 13.3. The van der Waals surface area contributed by atoms with Crippen LogP contribution in [-0.2, 0) is 4.74 Å². The predicted molar refractivity (Wildman–Crippen MR) is 81.7 cm³/mol. The molecular weight excluding hydrogens is 238 g/mol. The van der Waals surface area contributed by atoms with Crippen molar-refractivity contribution in [3.8, 4) is 0 Å². The molecule has 19 heavy (non-hydrogen) atoms. The Labute approximate surface area is 119 Å². The monoisotopic (exact) mass is 271 g/mol. The van der Waals surface area contributed by atoms with E-state index in [1.165, 1.54) is 13.0 Å². The summed E-state index contributed by atoms with van der Waals surface area (Å²) in [6.45, 7) is 15.4. The van der Waals surface area contributed by atoms with Gasteiger partial charge in [-0.25, -0.2) is 0 Å². The first-order valence-electron chi connectivity index (χ1n) is 7.85. The number of hydrogen-bond acceptors (Lipinski definition) is 4. The smallest absolute Gasteiger partial charge is 0.0829 e. The number of hydrogen-bond donors (Lipinski definition) is 1. The molecule has 4 nitrogen and oxygen atoms in total. The zero-order valence-corrected chi connectivity index (χ0v) is 13.3. The molecule has 0 spiro atoms. The lowest BCUT2D eigenvalue weighted by molar-refractivity contribution is -0.0414. The van der Waals surface area contributed by atoms with Crippen molar-refractivity contribution >= 4 is 0 Å². The molecule has 0 aromatic rings. The molecule has 0 amide bonds. The van der Waals surface area contributed by atoms with Crippen LogP contribution in [0.15, 0.2) is 0 Å². The summed E-state index contributed by atoms with van der Waals surface area (Å²) < 4.78 is 5.89. The van der Waals surface area contributed by atoms with E-state index in [1.54, 1.807) is 0 Å². The number of rotatable bonds is 9. The molecule has 1 rings (SSSR count). The van der Waals surface area contributed by atoms with E-state index in [1.807, 2.05) is 0 Å². The lowest BCUT2D eigenvalue weighted by Crippen LogP contribution is -2.47. The zero-order chi connectivity index (χ0) is 14.1. The van der Waals surface area contributed by atoms with Gasteiger partial charge in [0.2, 0.25) is 0 Å². The van der Waals surface area contributed by atoms with Gasteiger partial charge in [0.25, 0.3) is 0 Å². The maximum Gasteiger partial charge on any atom is 0.0829 e. The average molecular weight is 271 g/mol. The number of likely N-dealkylation sites (N-methyl/N-ethyl adjacent to an activating group) is 1. The van der Waals surface area contributed by atoms with Gasteiger partial charge in [-0.05, 0) is 39.0 Å². The Kier molecular flexibility index (Phi) is 8.62. The van der Waals surface area contributed by atoms with Crippen molar-refractivity contribution in [1.29, 1.82) is 0 Å². The highest BCUT2D eigenvalue weighted by molar-refractivity contribution is 4.74. The highest BCUT2D eigenvalue weighted by Crippen LogP contribution is 2.08. The van der Waals surface area contributed by atoms with Crippen molar-refractivity contribution in [2.45, 2.75) is 33.3 Å². The summed E-state index contributed by atoms with van der Waals surface area (Å²) in [5, 5.41) is 3.39. The second kappa shape index (κ2) is 9.70. The van der Waals surface area contributed by atoms with Crippen molar-refractivity contribution < 1.29 is 4.74 Å². The van der Waals surface area contributed by atoms with Crippen molar-refractivity contribution in [2.75, 3.05) is 59.5 Å². The van der Waals surface area contributed by atoms with Crippen LogP contribution in [0.25, 0.3) is 0 Å². The van der Waals surface area contributed by atoms with E-state index in [4.69, 9.17) is 4.74 Å². The third-order valence-corrected chi connectivity index (χ3v) is 3.49. The van der Waals surface area contributed by atoms with Gasteiger partial charge in [-0.1, -0.05) is 20.8 Å². The van der Waals surface area contributed by atoms with Crippen molar-refractivity contribution in [3.63, 3.8) is 0 Å². The molecule has 0 aromatic carbocycles. The van der Waals surface area contributed by atoms with Crippen LogP contribution < -0.4 is 5.32 Å². The molecular formula is C15H33N3O. The third kappa shape index (κ3) is 7.88. The number of ether oxygens (including phenoxy) is 1. The lowest BCUT2D eigenvalue weighted by Gasteiger charge is -2.35. The fraction of sp³-hybridized carbons (Fsp3) is 1.00. The van der Waals surface area contributed by atoms with E-state index in [9.17, 15) is 0 Å². The van der Waals surface area contributed by atoms with Crippen LogP contribution in [-0.4, -0.2) is 75.4 Å². The molecule has 0 bridgehead atoms. The molecule has 4 heteroatoms. The lowest BCUT2D eigenvalue weighted by atomic mass is 10.2. The maximum absolute atomic E-state index is 5.89. The second-order valence-electron chi connectivity index (χ2n) is 6.12. The fourth-order valence-electron chi connectivity index (χ4n) is 2.74. The van der Waals surface area contributed by atoms with Gasteiger partial charge >= 0.3 is 0 Å². The minimum absolute atomic E-state index is 0.386. The van der Waals surface area contributed by atoms with Crippen LogP contribution in [0.2, 0.25) is 0 Å². The molecule has 1 N–H and O–H groups in total. The third-order valence-electron chi connectivity index (χ3n) is 3.49. The van der Waals surface area contributed by atoms with E-state index in [0.29, 0.717) is 6.10 Å². The van der Waals surface area contributed by atoms with E-state index in [0.717, 1.165) is 51.8 Å². The molecule has 0 radical (unpaired) electrons. The second-order valence-corrected chi connectivity index (χ2v) is 6.12. The summed E-state index contributed by atoms with van der Waals surface area (Å²) in [5.41, 5.74) is 0. The van der Waals surface area contributed by atoms with Crippen LogP contribution in [0.4, 0.5) is 0 Å². The van der Waals surface area contributed by atoms with Gasteiger partial charge in [-0.3, -0.25) is 4.90 Å². The summed E-state index contributed by atoms with van der Waals surface area (Å²) in [5.74, 6) is 0.727. The molecule has 1 saturated heterocycles. The van der Waals surface area contributed by atoms with Crippen molar-refractivity contribution in [2.24, 2.45) is 5.92 Å². The molecule has 0 aliphatic carbocycles. The first kappa shape index (κ1) is 16.9. The minimum atomic E-state index is 0.386. The first-order valence-corrected chi connectivity index (χ1v) is 7.85. The van der Waals surface area contributed by atoms with Crippen LogP contribution >= 0.6 is 0 Å². The van der Waals surface area contributed by atoms with Gasteiger partial charge in [0, 0.05) is 26.2 Å². The Hall–Kier alpha value is -0.160.